The highest BCUT2D eigenvalue weighted by Gasteiger charge is 2.22. The second-order valence-electron chi connectivity index (χ2n) is 8.73. The fourth-order valence-electron chi connectivity index (χ4n) is 4.02. The summed E-state index contributed by atoms with van der Waals surface area (Å²) >= 11 is 0. The number of aliphatic hydroxyl groups is 2. The Morgan fingerprint density at radius 3 is 2.15 bits per heavy atom. The Balaban J connectivity index is 1.61. The predicted octanol–water partition coefficient (Wildman–Crippen LogP) is 5.00. The zero-order valence-electron chi connectivity index (χ0n) is 21.9. The summed E-state index contributed by atoms with van der Waals surface area (Å²) in [6, 6.07) is 17.4. The van der Waals surface area contributed by atoms with Gasteiger partial charge in [-0.15, -0.1) is 10.2 Å². The van der Waals surface area contributed by atoms with Gasteiger partial charge >= 0.3 is 0 Å². The number of rotatable bonds is 11. The van der Waals surface area contributed by atoms with Crippen LogP contribution in [0.3, 0.4) is 0 Å². The Labute approximate surface area is 235 Å². The number of benzene rings is 4. The van der Waals surface area contributed by atoms with Gasteiger partial charge in [0.1, 0.15) is 22.0 Å². The molecule has 6 N–H and O–H groups in total. The molecule has 0 atom stereocenters. The van der Waals surface area contributed by atoms with Gasteiger partial charge in [0.15, 0.2) is 5.75 Å². The number of nitrogens with two attached hydrogens (primary N) is 1. The van der Waals surface area contributed by atoms with Gasteiger partial charge < -0.3 is 30.7 Å². The summed E-state index contributed by atoms with van der Waals surface area (Å²) in [5.74, 6) is -0.278. The summed E-state index contributed by atoms with van der Waals surface area (Å²) in [5, 5.41) is 46.2. The Bertz CT molecular complexity index is 1700. The van der Waals surface area contributed by atoms with E-state index < -0.39 is 26.5 Å². The lowest BCUT2D eigenvalue weighted by Gasteiger charge is -2.22. The number of nitrogens with zero attached hydrogens (tertiary/aromatic N) is 5. The number of phenols is 1. The van der Waals surface area contributed by atoms with Crippen LogP contribution in [0.4, 0.5) is 34.1 Å². The van der Waals surface area contributed by atoms with E-state index in [0.717, 1.165) is 5.69 Å². The van der Waals surface area contributed by atoms with Crippen LogP contribution < -0.4 is 15.4 Å². The van der Waals surface area contributed by atoms with Crippen LogP contribution in [-0.4, -0.2) is 61.7 Å². The van der Waals surface area contributed by atoms with Crippen molar-refractivity contribution in [1.82, 2.24) is 0 Å². The number of fused-ring (bicyclic) bond motifs is 1. The van der Waals surface area contributed by atoms with E-state index in [-0.39, 0.29) is 30.0 Å². The maximum Gasteiger partial charge on any atom is 0.296 e. The molecule has 0 bridgehead atoms. The van der Waals surface area contributed by atoms with Crippen molar-refractivity contribution in [2.24, 2.45) is 20.5 Å². The fourth-order valence-corrected chi connectivity index (χ4v) is 4.68. The van der Waals surface area contributed by atoms with Crippen LogP contribution in [0.25, 0.3) is 10.8 Å². The highest BCUT2D eigenvalue weighted by Crippen LogP contribution is 2.43. The highest BCUT2D eigenvalue weighted by molar-refractivity contribution is 7.86. The van der Waals surface area contributed by atoms with Crippen LogP contribution in [0.2, 0.25) is 0 Å². The van der Waals surface area contributed by atoms with Crippen molar-refractivity contribution in [3.63, 3.8) is 0 Å². The van der Waals surface area contributed by atoms with E-state index in [0.29, 0.717) is 35.5 Å². The minimum absolute atomic E-state index is 0.0426. The molecule has 4 aromatic rings. The molecule has 0 amide bonds. The molecule has 0 aliphatic carbocycles. The molecule has 41 heavy (non-hydrogen) atoms. The van der Waals surface area contributed by atoms with Gasteiger partial charge in [-0.2, -0.15) is 18.6 Å². The summed E-state index contributed by atoms with van der Waals surface area (Å²) < 4.78 is 39.2. The fraction of sp³-hybridized carbons (Fsp3) is 0.185. The van der Waals surface area contributed by atoms with Crippen molar-refractivity contribution in [3.05, 3.63) is 66.7 Å². The zero-order chi connectivity index (χ0) is 29.6. The molecule has 0 aliphatic heterocycles. The number of methoxy groups -OCH3 is 1. The average molecular weight is 581 g/mol. The maximum atomic E-state index is 12.0. The van der Waals surface area contributed by atoms with Gasteiger partial charge in [-0.25, -0.2) is 0 Å². The van der Waals surface area contributed by atoms with E-state index >= 15 is 0 Å². The SMILES string of the molecule is COc1cc(N=Nc2ccc(N(CCO)CCO)cc2)ccc1N=Nc1c(S(=O)(=O)O)cc2ccc(N)cc2c1O. The summed E-state index contributed by atoms with van der Waals surface area (Å²) in [6.07, 6.45) is 0. The third-order valence-electron chi connectivity index (χ3n) is 6.01. The molecule has 13 nitrogen and oxygen atoms in total. The number of nitrogen functional groups attached to an aromatic ring is 1. The highest BCUT2D eigenvalue weighted by atomic mass is 32.2. The lowest BCUT2D eigenvalue weighted by atomic mass is 10.1. The number of azo groups is 2. The molecule has 0 aromatic heterocycles. The van der Waals surface area contributed by atoms with Crippen molar-refractivity contribution < 1.29 is 33.0 Å². The lowest BCUT2D eigenvalue weighted by molar-refractivity contribution is 0.281. The third-order valence-corrected chi connectivity index (χ3v) is 6.88. The van der Waals surface area contributed by atoms with E-state index in [4.69, 9.17) is 10.5 Å². The lowest BCUT2D eigenvalue weighted by Crippen LogP contribution is -2.29. The van der Waals surface area contributed by atoms with E-state index in [1.807, 2.05) is 4.90 Å². The minimum atomic E-state index is -4.76. The van der Waals surface area contributed by atoms with Crippen molar-refractivity contribution in [3.8, 4) is 11.5 Å². The number of anilines is 2. The van der Waals surface area contributed by atoms with Crippen molar-refractivity contribution in [1.29, 1.82) is 0 Å². The molecule has 214 valence electrons. The summed E-state index contributed by atoms with van der Waals surface area (Å²) in [6.45, 7) is 0.687. The number of hydrogen-bond acceptors (Lipinski definition) is 12. The van der Waals surface area contributed by atoms with Crippen LogP contribution in [0.15, 0.2) is 92.1 Å². The first-order chi connectivity index (χ1) is 19.6. The molecule has 14 heteroatoms. The molecule has 4 rings (SSSR count). The van der Waals surface area contributed by atoms with E-state index in [1.165, 1.54) is 37.4 Å². The van der Waals surface area contributed by atoms with Gasteiger partial charge in [-0.05, 0) is 60.0 Å². The molecule has 0 saturated carbocycles. The van der Waals surface area contributed by atoms with E-state index in [9.17, 15) is 28.3 Å². The van der Waals surface area contributed by atoms with Crippen LogP contribution in [-0.2, 0) is 10.1 Å². The van der Waals surface area contributed by atoms with Gasteiger partial charge in [0.2, 0.25) is 0 Å². The van der Waals surface area contributed by atoms with Crippen LogP contribution in [0.1, 0.15) is 0 Å². The molecular formula is C27H28N6O7S. The first kappa shape index (κ1) is 29.4. The Morgan fingerprint density at radius 2 is 1.51 bits per heavy atom. The number of aliphatic hydroxyl groups excluding tert-OH is 2. The number of aromatic hydroxyl groups is 1. The maximum absolute atomic E-state index is 12.0. The largest absolute Gasteiger partial charge is 0.505 e. The molecule has 0 aliphatic rings. The van der Waals surface area contributed by atoms with Crippen molar-refractivity contribution in [2.75, 3.05) is 44.0 Å². The number of hydrogen-bond donors (Lipinski definition) is 5. The van der Waals surface area contributed by atoms with E-state index in [1.54, 1.807) is 36.4 Å². The standard InChI is InChI=1S/C27H28N6O7S/c1-40-24-16-20(30-29-19-4-7-21(8-5-19)33(10-12-34)11-13-35)6-9-23(24)31-32-26-25(41(37,38)39)14-17-2-3-18(28)15-22(17)27(26)36/h2-9,14-16,34-36H,10-13,28H2,1H3,(H,37,38,39). The van der Waals surface area contributed by atoms with Gasteiger partial charge in [-0.1, -0.05) is 6.07 Å². The first-order valence-corrected chi connectivity index (χ1v) is 13.7. The topological polar surface area (TPSA) is 203 Å². The van der Waals surface area contributed by atoms with Crippen molar-refractivity contribution >= 4 is 55.0 Å². The molecule has 0 unspecified atom stereocenters. The molecule has 0 saturated heterocycles. The third kappa shape index (κ3) is 6.93. The monoisotopic (exact) mass is 580 g/mol. The average Bonchev–Trinajstić information content (AvgIpc) is 2.95. The quantitative estimate of drug-likeness (QED) is 0.0918. The number of ether oxygens (including phenoxy) is 1. The van der Waals surface area contributed by atoms with E-state index in [2.05, 4.69) is 20.5 Å². The molecule has 0 fully saturated rings. The summed E-state index contributed by atoms with van der Waals surface area (Å²) in [7, 11) is -3.36. The molecule has 0 radical (unpaired) electrons. The summed E-state index contributed by atoms with van der Waals surface area (Å²) in [4.78, 5) is 1.22. The van der Waals surface area contributed by atoms with Crippen LogP contribution >= 0.6 is 0 Å². The van der Waals surface area contributed by atoms with Gasteiger partial charge in [-0.3, -0.25) is 4.55 Å². The Hall–Kier alpha value is -4.63. The second-order valence-corrected chi connectivity index (χ2v) is 10.1. The predicted molar refractivity (Wildman–Crippen MR) is 154 cm³/mol. The molecular weight excluding hydrogens is 552 g/mol. The summed E-state index contributed by atoms with van der Waals surface area (Å²) in [5.41, 5.74) is 7.68. The molecule has 0 spiro atoms. The minimum Gasteiger partial charge on any atom is -0.505 e. The van der Waals surface area contributed by atoms with Crippen molar-refractivity contribution in [2.45, 2.75) is 4.90 Å². The van der Waals surface area contributed by atoms with Gasteiger partial charge in [0, 0.05) is 35.9 Å². The Morgan fingerprint density at radius 1 is 0.854 bits per heavy atom. The van der Waals surface area contributed by atoms with Crippen LogP contribution in [0.5, 0.6) is 11.5 Å². The molecule has 4 aromatic carbocycles. The smallest absolute Gasteiger partial charge is 0.296 e. The van der Waals surface area contributed by atoms with Gasteiger partial charge in [0.25, 0.3) is 10.1 Å². The normalized spacial score (nSPS) is 12.0. The second kappa shape index (κ2) is 12.7. The number of phenolic OH excluding ortho intramolecular Hbond substituents is 1. The first-order valence-electron chi connectivity index (χ1n) is 12.3. The molecule has 0 heterocycles. The zero-order valence-corrected chi connectivity index (χ0v) is 22.7. The van der Waals surface area contributed by atoms with Gasteiger partial charge in [0.05, 0.1) is 31.7 Å². The Kier molecular flexibility index (Phi) is 9.09. The van der Waals surface area contributed by atoms with Crippen LogP contribution in [0, 0.1) is 0 Å².